The summed E-state index contributed by atoms with van der Waals surface area (Å²) in [5.41, 5.74) is 3.53. The van der Waals surface area contributed by atoms with Gasteiger partial charge in [0.15, 0.2) is 0 Å². The van der Waals surface area contributed by atoms with E-state index in [9.17, 15) is 9.59 Å². The van der Waals surface area contributed by atoms with Crippen LogP contribution in [0.3, 0.4) is 0 Å². The maximum atomic E-state index is 13.5. The molecular formula is C26H33N3O2. The van der Waals surface area contributed by atoms with Gasteiger partial charge < -0.3 is 10.2 Å². The van der Waals surface area contributed by atoms with Gasteiger partial charge in [0.25, 0.3) is 5.91 Å². The molecule has 1 atom stereocenters. The third-order valence-corrected chi connectivity index (χ3v) is 6.71. The lowest BCUT2D eigenvalue weighted by Crippen LogP contribution is -2.54. The van der Waals surface area contributed by atoms with Crippen LogP contribution in [-0.4, -0.2) is 46.8 Å². The third kappa shape index (κ3) is 4.52. The van der Waals surface area contributed by atoms with Crippen LogP contribution in [0.4, 0.5) is 0 Å². The average Bonchev–Trinajstić information content (AvgIpc) is 3.11. The number of nitrogens with one attached hydrogen (secondary N) is 1. The predicted molar refractivity (Wildman–Crippen MR) is 123 cm³/mol. The highest BCUT2D eigenvalue weighted by molar-refractivity contribution is 6.01. The van der Waals surface area contributed by atoms with Gasteiger partial charge in [-0.15, -0.1) is 0 Å². The van der Waals surface area contributed by atoms with Crippen LogP contribution in [0.5, 0.6) is 0 Å². The number of carbonyl (C=O) groups is 2. The molecule has 0 aliphatic carbocycles. The van der Waals surface area contributed by atoms with E-state index in [0.29, 0.717) is 18.7 Å². The number of rotatable bonds is 6. The topological polar surface area (TPSA) is 52.7 Å². The van der Waals surface area contributed by atoms with Crippen molar-refractivity contribution in [1.29, 1.82) is 0 Å². The van der Waals surface area contributed by atoms with Crippen molar-refractivity contribution < 1.29 is 9.59 Å². The summed E-state index contributed by atoms with van der Waals surface area (Å²) in [6.45, 7) is 9.57. The molecule has 1 saturated heterocycles. The van der Waals surface area contributed by atoms with Gasteiger partial charge in [-0.1, -0.05) is 54.4 Å². The lowest BCUT2D eigenvalue weighted by Gasteiger charge is -2.41. The molecule has 164 valence electrons. The molecule has 2 aliphatic rings. The van der Waals surface area contributed by atoms with E-state index in [2.05, 4.69) is 24.1 Å². The number of benzene rings is 2. The van der Waals surface area contributed by atoms with E-state index in [0.717, 1.165) is 29.8 Å². The number of hydrogen-bond donors (Lipinski definition) is 1. The minimum Gasteiger partial charge on any atom is -0.352 e. The Morgan fingerprint density at radius 3 is 2.39 bits per heavy atom. The van der Waals surface area contributed by atoms with Crippen molar-refractivity contribution in [3.63, 3.8) is 0 Å². The molecule has 5 nitrogen and oxygen atoms in total. The zero-order chi connectivity index (χ0) is 22.0. The number of piperidine rings is 1. The minimum atomic E-state index is -0.641. The number of hydrogen-bond acceptors (Lipinski definition) is 3. The number of carbonyl (C=O) groups excluding carboxylic acids is 2. The second-order valence-electron chi connectivity index (χ2n) is 9.48. The van der Waals surface area contributed by atoms with Crippen LogP contribution in [0.15, 0.2) is 48.5 Å². The fourth-order valence-corrected chi connectivity index (χ4v) is 4.72. The summed E-state index contributed by atoms with van der Waals surface area (Å²) < 4.78 is 0. The summed E-state index contributed by atoms with van der Waals surface area (Å²) in [5.74, 6) is -0.193. The van der Waals surface area contributed by atoms with Gasteiger partial charge in [0.1, 0.15) is 6.04 Å². The monoisotopic (exact) mass is 419 g/mol. The fraction of sp³-hybridized carbons (Fsp3) is 0.462. The van der Waals surface area contributed by atoms with E-state index in [1.54, 1.807) is 4.90 Å². The van der Waals surface area contributed by atoms with Crippen LogP contribution < -0.4 is 5.32 Å². The normalized spacial score (nSPS) is 18.0. The van der Waals surface area contributed by atoms with E-state index in [1.807, 2.05) is 55.5 Å². The van der Waals surface area contributed by atoms with E-state index in [4.69, 9.17) is 0 Å². The molecule has 2 aromatic carbocycles. The third-order valence-electron chi connectivity index (χ3n) is 6.71. The number of likely N-dealkylation sites (tertiary alicyclic amines) is 1. The first-order valence-electron chi connectivity index (χ1n) is 11.3. The van der Waals surface area contributed by atoms with E-state index in [1.165, 1.54) is 19.3 Å². The number of aryl methyl sites for hydroxylation is 1. The first kappa shape index (κ1) is 21.6. The maximum Gasteiger partial charge on any atom is 0.255 e. The Kier molecular flexibility index (Phi) is 6.15. The molecule has 5 heteroatoms. The number of amides is 2. The molecule has 2 aromatic rings. The van der Waals surface area contributed by atoms with Gasteiger partial charge in [0, 0.05) is 24.2 Å². The lowest BCUT2D eigenvalue weighted by atomic mass is 9.97. The zero-order valence-electron chi connectivity index (χ0n) is 18.9. The summed E-state index contributed by atoms with van der Waals surface area (Å²) in [6.07, 6.45) is 3.71. The number of fused-ring (bicyclic) bond motifs is 1. The summed E-state index contributed by atoms with van der Waals surface area (Å²) in [4.78, 5) is 30.9. The van der Waals surface area contributed by atoms with Gasteiger partial charge in [-0.05, 0) is 63.9 Å². The van der Waals surface area contributed by atoms with Crippen molar-refractivity contribution in [2.45, 2.75) is 58.2 Å². The van der Waals surface area contributed by atoms with E-state index >= 15 is 0 Å². The second-order valence-corrected chi connectivity index (χ2v) is 9.48. The van der Waals surface area contributed by atoms with Crippen molar-refractivity contribution >= 4 is 11.8 Å². The Morgan fingerprint density at radius 1 is 1.03 bits per heavy atom. The molecule has 31 heavy (non-hydrogen) atoms. The fourth-order valence-electron chi connectivity index (χ4n) is 4.72. The van der Waals surface area contributed by atoms with Crippen molar-refractivity contribution in [1.82, 2.24) is 15.1 Å². The Bertz CT molecular complexity index is 945. The van der Waals surface area contributed by atoms with Crippen LogP contribution in [0.2, 0.25) is 0 Å². The summed E-state index contributed by atoms with van der Waals surface area (Å²) >= 11 is 0. The minimum absolute atomic E-state index is 0.0772. The SMILES string of the molecule is Cc1ccc([C@@H](C(=O)NCC(C)(C)N2CCCCC2)N2Cc3ccccc3C2=O)cc1. The van der Waals surface area contributed by atoms with Gasteiger partial charge in [0.05, 0.1) is 0 Å². The highest BCUT2D eigenvalue weighted by Crippen LogP contribution is 2.32. The molecule has 0 saturated carbocycles. The Hall–Kier alpha value is -2.66. The Morgan fingerprint density at radius 2 is 1.71 bits per heavy atom. The lowest BCUT2D eigenvalue weighted by molar-refractivity contribution is -0.126. The van der Waals surface area contributed by atoms with Crippen LogP contribution in [0.25, 0.3) is 0 Å². The molecule has 4 rings (SSSR count). The van der Waals surface area contributed by atoms with Gasteiger partial charge in [0.2, 0.25) is 5.91 Å². The standard InChI is InChI=1S/C26H33N3O2/c1-19-11-13-20(14-12-19)23(29-17-21-9-5-6-10-22(21)25(29)31)24(30)27-18-26(2,3)28-15-7-4-8-16-28/h5-6,9-14,23H,4,7-8,15-18H2,1-3H3,(H,27,30)/t23-/m0/s1. The van der Waals surface area contributed by atoms with Crippen LogP contribution in [0, 0.1) is 6.92 Å². The second kappa shape index (κ2) is 8.83. The van der Waals surface area contributed by atoms with Gasteiger partial charge in [-0.2, -0.15) is 0 Å². The Balaban J connectivity index is 1.55. The van der Waals surface area contributed by atoms with Gasteiger partial charge in [-0.3, -0.25) is 14.5 Å². The molecule has 0 spiro atoms. The molecule has 0 bridgehead atoms. The molecule has 2 amide bonds. The first-order valence-corrected chi connectivity index (χ1v) is 11.3. The smallest absolute Gasteiger partial charge is 0.255 e. The predicted octanol–water partition coefficient (Wildman–Crippen LogP) is 4.07. The molecule has 1 fully saturated rings. The van der Waals surface area contributed by atoms with Crippen LogP contribution in [0.1, 0.15) is 66.2 Å². The van der Waals surface area contributed by atoms with Crippen LogP contribution >= 0.6 is 0 Å². The first-order chi connectivity index (χ1) is 14.9. The van der Waals surface area contributed by atoms with Crippen molar-refractivity contribution in [2.75, 3.05) is 19.6 Å². The number of nitrogens with zero attached hydrogens (tertiary/aromatic N) is 2. The summed E-state index contributed by atoms with van der Waals surface area (Å²) in [7, 11) is 0. The molecule has 1 N–H and O–H groups in total. The molecule has 0 unspecified atom stereocenters. The Labute approximate surface area is 185 Å². The molecule has 2 heterocycles. The summed E-state index contributed by atoms with van der Waals surface area (Å²) in [6, 6.07) is 14.9. The molecule has 2 aliphatic heterocycles. The quantitative estimate of drug-likeness (QED) is 0.768. The van der Waals surface area contributed by atoms with Crippen molar-refractivity contribution in [2.24, 2.45) is 0 Å². The van der Waals surface area contributed by atoms with E-state index in [-0.39, 0.29) is 17.4 Å². The molecule has 0 radical (unpaired) electrons. The highest BCUT2D eigenvalue weighted by Gasteiger charge is 2.38. The van der Waals surface area contributed by atoms with Gasteiger partial charge in [-0.25, -0.2) is 0 Å². The van der Waals surface area contributed by atoms with Crippen molar-refractivity contribution in [3.8, 4) is 0 Å². The average molecular weight is 420 g/mol. The molecular weight excluding hydrogens is 386 g/mol. The highest BCUT2D eigenvalue weighted by atomic mass is 16.2. The van der Waals surface area contributed by atoms with Gasteiger partial charge >= 0.3 is 0 Å². The largest absolute Gasteiger partial charge is 0.352 e. The zero-order valence-corrected chi connectivity index (χ0v) is 18.9. The van der Waals surface area contributed by atoms with Crippen molar-refractivity contribution in [3.05, 3.63) is 70.8 Å². The van der Waals surface area contributed by atoms with Crippen LogP contribution in [-0.2, 0) is 11.3 Å². The van der Waals surface area contributed by atoms with E-state index < -0.39 is 6.04 Å². The summed E-state index contributed by atoms with van der Waals surface area (Å²) in [5, 5.41) is 3.18. The molecule has 0 aromatic heterocycles. The maximum absolute atomic E-state index is 13.5.